The number of rotatable bonds is 5. The van der Waals surface area contributed by atoms with E-state index < -0.39 is 15.4 Å². The van der Waals surface area contributed by atoms with Gasteiger partial charge in [0.2, 0.25) is 5.88 Å². The lowest BCUT2D eigenvalue weighted by Crippen LogP contribution is -2.27. The minimum atomic E-state index is -3.52. The molecule has 0 aliphatic heterocycles. The first-order chi connectivity index (χ1) is 12.4. The highest BCUT2D eigenvalue weighted by molar-refractivity contribution is 7.91. The van der Waals surface area contributed by atoms with E-state index in [4.69, 9.17) is 16.3 Å². The van der Waals surface area contributed by atoms with Crippen LogP contribution in [0.3, 0.4) is 0 Å². The summed E-state index contributed by atoms with van der Waals surface area (Å²) in [5.41, 5.74) is 2.91. The summed E-state index contributed by atoms with van der Waals surface area (Å²) in [5, 5.41) is 0.601. The van der Waals surface area contributed by atoms with Gasteiger partial charge in [-0.1, -0.05) is 18.5 Å². The summed E-state index contributed by atoms with van der Waals surface area (Å²) in [7, 11) is -2.08. The number of aromatic nitrogens is 3. The number of hydrogen-bond acceptors (Lipinski definition) is 7. The minimum Gasteiger partial charge on any atom is -0.481 e. The van der Waals surface area contributed by atoms with Crippen molar-refractivity contribution in [2.45, 2.75) is 11.8 Å². The van der Waals surface area contributed by atoms with E-state index in [2.05, 4.69) is 15.4 Å². The SMILES string of the molecule is CCS(=O)(=O)c1ccc(Cl)cc1Nn1cnc2cnc(OC)cc2c1=O. The Morgan fingerprint density at radius 1 is 1.27 bits per heavy atom. The summed E-state index contributed by atoms with van der Waals surface area (Å²) >= 11 is 5.99. The van der Waals surface area contributed by atoms with E-state index in [1.54, 1.807) is 0 Å². The lowest BCUT2D eigenvalue weighted by atomic mass is 10.3. The van der Waals surface area contributed by atoms with E-state index in [0.717, 1.165) is 4.68 Å². The number of sulfone groups is 1. The number of anilines is 1. The van der Waals surface area contributed by atoms with Crippen molar-refractivity contribution in [2.24, 2.45) is 0 Å². The molecule has 0 saturated carbocycles. The third kappa shape index (κ3) is 3.35. The number of benzene rings is 1. The topological polar surface area (TPSA) is 103 Å². The number of nitrogens with one attached hydrogen (secondary N) is 1. The van der Waals surface area contributed by atoms with Gasteiger partial charge in [-0.3, -0.25) is 10.2 Å². The van der Waals surface area contributed by atoms with Gasteiger partial charge in [0.05, 0.1) is 40.5 Å². The van der Waals surface area contributed by atoms with Crippen LogP contribution in [0.1, 0.15) is 6.92 Å². The summed E-state index contributed by atoms with van der Waals surface area (Å²) in [5.74, 6) is 0.183. The maximum absolute atomic E-state index is 12.7. The van der Waals surface area contributed by atoms with Crippen molar-refractivity contribution in [1.82, 2.24) is 14.6 Å². The van der Waals surface area contributed by atoms with Crippen LogP contribution in [-0.4, -0.2) is 35.9 Å². The maximum Gasteiger partial charge on any atom is 0.280 e. The van der Waals surface area contributed by atoms with Crippen molar-refractivity contribution in [3.05, 3.63) is 52.2 Å². The molecule has 0 fully saturated rings. The van der Waals surface area contributed by atoms with E-state index in [1.165, 1.54) is 50.8 Å². The molecule has 0 saturated heterocycles. The van der Waals surface area contributed by atoms with Gasteiger partial charge in [0, 0.05) is 11.1 Å². The smallest absolute Gasteiger partial charge is 0.280 e. The minimum absolute atomic E-state index is 0.0451. The summed E-state index contributed by atoms with van der Waals surface area (Å²) in [6.45, 7) is 1.54. The highest BCUT2D eigenvalue weighted by Crippen LogP contribution is 2.26. The Kier molecular flexibility index (Phi) is 4.84. The van der Waals surface area contributed by atoms with E-state index in [9.17, 15) is 13.2 Å². The van der Waals surface area contributed by atoms with Gasteiger partial charge in [-0.25, -0.2) is 23.1 Å². The number of ether oxygens (including phenoxy) is 1. The highest BCUT2D eigenvalue weighted by Gasteiger charge is 2.18. The van der Waals surface area contributed by atoms with Gasteiger partial charge in [-0.2, -0.15) is 0 Å². The molecule has 2 aromatic heterocycles. The van der Waals surface area contributed by atoms with Crippen molar-refractivity contribution in [2.75, 3.05) is 18.3 Å². The monoisotopic (exact) mass is 394 g/mol. The number of pyridine rings is 1. The van der Waals surface area contributed by atoms with E-state index in [-0.39, 0.29) is 27.6 Å². The Hall–Kier alpha value is -2.65. The second-order valence-corrected chi connectivity index (χ2v) is 8.00. The van der Waals surface area contributed by atoms with Crippen LogP contribution in [0, 0.1) is 0 Å². The predicted molar refractivity (Wildman–Crippen MR) is 98.5 cm³/mol. The van der Waals surface area contributed by atoms with E-state index >= 15 is 0 Å². The average molecular weight is 395 g/mol. The molecule has 0 aliphatic carbocycles. The number of halogens is 1. The first kappa shape index (κ1) is 18.2. The zero-order chi connectivity index (χ0) is 18.9. The van der Waals surface area contributed by atoms with Crippen molar-refractivity contribution in [3.63, 3.8) is 0 Å². The number of nitrogens with zero attached hydrogens (tertiary/aromatic N) is 3. The molecule has 136 valence electrons. The van der Waals surface area contributed by atoms with Crippen LogP contribution in [0.15, 0.2) is 46.5 Å². The van der Waals surface area contributed by atoms with Crippen molar-refractivity contribution in [3.8, 4) is 5.88 Å². The van der Waals surface area contributed by atoms with Gasteiger partial charge in [0.1, 0.15) is 6.33 Å². The quantitative estimate of drug-likeness (QED) is 0.706. The fraction of sp³-hybridized carbons (Fsp3) is 0.188. The van der Waals surface area contributed by atoms with Gasteiger partial charge >= 0.3 is 0 Å². The number of hydrogen-bond donors (Lipinski definition) is 1. The maximum atomic E-state index is 12.7. The summed E-state index contributed by atoms with van der Waals surface area (Å²) in [6.07, 6.45) is 2.67. The van der Waals surface area contributed by atoms with E-state index in [1.807, 2.05) is 0 Å². The fourth-order valence-electron chi connectivity index (χ4n) is 2.34. The summed E-state index contributed by atoms with van der Waals surface area (Å²) < 4.78 is 30.7. The molecule has 0 amide bonds. The molecule has 10 heteroatoms. The first-order valence-electron chi connectivity index (χ1n) is 7.56. The molecule has 0 spiro atoms. The van der Waals surface area contributed by atoms with Crippen LogP contribution in [0.4, 0.5) is 5.69 Å². The molecule has 1 aromatic carbocycles. The second-order valence-electron chi connectivity index (χ2n) is 5.32. The third-order valence-electron chi connectivity index (χ3n) is 3.73. The molecule has 0 radical (unpaired) electrons. The van der Waals surface area contributed by atoms with Crippen LogP contribution < -0.4 is 15.7 Å². The Morgan fingerprint density at radius 2 is 2.04 bits per heavy atom. The molecule has 0 bridgehead atoms. The number of fused-ring (bicyclic) bond motifs is 1. The van der Waals surface area contributed by atoms with Crippen molar-refractivity contribution < 1.29 is 13.2 Å². The molecule has 26 heavy (non-hydrogen) atoms. The fourth-order valence-corrected chi connectivity index (χ4v) is 3.54. The lowest BCUT2D eigenvalue weighted by Gasteiger charge is -2.14. The highest BCUT2D eigenvalue weighted by atomic mass is 35.5. The molecule has 3 rings (SSSR count). The lowest BCUT2D eigenvalue weighted by molar-refractivity contribution is 0.398. The summed E-state index contributed by atoms with van der Waals surface area (Å²) in [4.78, 5) is 20.9. The molecular weight excluding hydrogens is 380 g/mol. The normalized spacial score (nSPS) is 11.5. The predicted octanol–water partition coefficient (Wildman–Crippen LogP) is 2.12. The van der Waals surface area contributed by atoms with E-state index in [0.29, 0.717) is 10.5 Å². The number of methoxy groups -OCH3 is 1. The zero-order valence-corrected chi connectivity index (χ0v) is 15.5. The van der Waals surface area contributed by atoms with Crippen LogP contribution in [0.5, 0.6) is 5.88 Å². The Balaban J connectivity index is 2.14. The summed E-state index contributed by atoms with van der Waals surface area (Å²) in [6, 6.07) is 5.78. The molecule has 0 aliphatic rings. The van der Waals surface area contributed by atoms with Gasteiger partial charge < -0.3 is 4.74 Å². The second kappa shape index (κ2) is 6.93. The molecule has 8 nitrogen and oxygen atoms in total. The average Bonchev–Trinajstić information content (AvgIpc) is 2.63. The molecular formula is C16H15ClN4O4S. The van der Waals surface area contributed by atoms with Crippen LogP contribution >= 0.6 is 11.6 Å². The largest absolute Gasteiger partial charge is 0.481 e. The Morgan fingerprint density at radius 3 is 2.73 bits per heavy atom. The van der Waals surface area contributed by atoms with Crippen molar-refractivity contribution >= 4 is 38.0 Å². The van der Waals surface area contributed by atoms with Crippen LogP contribution in [0.25, 0.3) is 10.9 Å². The molecule has 0 unspecified atom stereocenters. The van der Waals surface area contributed by atoms with Gasteiger partial charge in [0.25, 0.3) is 5.56 Å². The molecule has 0 atom stereocenters. The van der Waals surface area contributed by atoms with Crippen LogP contribution in [-0.2, 0) is 9.84 Å². The van der Waals surface area contributed by atoms with Gasteiger partial charge in [0.15, 0.2) is 9.84 Å². The first-order valence-corrected chi connectivity index (χ1v) is 9.59. The van der Waals surface area contributed by atoms with Gasteiger partial charge in [-0.05, 0) is 18.2 Å². The molecule has 1 N–H and O–H groups in total. The van der Waals surface area contributed by atoms with Crippen LogP contribution in [0.2, 0.25) is 5.02 Å². The molecule has 2 heterocycles. The van der Waals surface area contributed by atoms with Crippen molar-refractivity contribution in [1.29, 1.82) is 0 Å². The third-order valence-corrected chi connectivity index (χ3v) is 5.75. The Bertz CT molecular complexity index is 1140. The standard InChI is InChI=1S/C16H15ClN4O4S/c1-3-26(23,24)14-5-4-10(17)6-12(14)20-21-9-19-13-8-18-15(25-2)7-11(13)16(21)22/h4-9,20H,3H2,1-2H3. The molecule has 3 aromatic rings. The Labute approximate surface area is 154 Å². The van der Waals surface area contributed by atoms with Gasteiger partial charge in [-0.15, -0.1) is 0 Å². The zero-order valence-electron chi connectivity index (χ0n) is 13.9.